The van der Waals surface area contributed by atoms with Gasteiger partial charge < -0.3 is 15.4 Å². The monoisotopic (exact) mass is 395 g/mol. The van der Waals surface area contributed by atoms with E-state index in [-0.39, 0.29) is 5.56 Å². The molecule has 0 amide bonds. The van der Waals surface area contributed by atoms with Gasteiger partial charge in [-0.1, -0.05) is 48.4 Å². The molecule has 3 N–H and O–H groups in total. The molecule has 148 valence electrons. The molecule has 3 aromatic carbocycles. The van der Waals surface area contributed by atoms with Gasteiger partial charge in [-0.3, -0.25) is 0 Å². The fourth-order valence-corrected chi connectivity index (χ4v) is 3.57. The Morgan fingerprint density at radius 3 is 2.50 bits per heavy atom. The summed E-state index contributed by atoms with van der Waals surface area (Å²) in [6, 6.07) is 20.0. The van der Waals surface area contributed by atoms with E-state index in [9.17, 15) is 9.90 Å². The summed E-state index contributed by atoms with van der Waals surface area (Å²) in [7, 11) is 0. The summed E-state index contributed by atoms with van der Waals surface area (Å²) in [4.78, 5) is 19.1. The van der Waals surface area contributed by atoms with Crippen LogP contribution in [0.4, 0.5) is 0 Å². The number of carbonyl (C=O) groups is 1. The number of carboxylic acid groups (broad SMARTS) is 1. The predicted molar refractivity (Wildman–Crippen MR) is 119 cm³/mol. The second kappa shape index (κ2) is 8.24. The number of terminal acetylenes is 1. The quantitative estimate of drug-likeness (QED) is 0.329. The van der Waals surface area contributed by atoms with Crippen molar-refractivity contribution in [1.29, 1.82) is 0 Å². The molecule has 0 saturated heterocycles. The molecule has 0 aliphatic carbocycles. The number of nitrogens with zero attached hydrogens (tertiary/aromatic N) is 1. The lowest BCUT2D eigenvalue weighted by molar-refractivity contribution is 0.0699. The van der Waals surface area contributed by atoms with E-state index in [2.05, 4.69) is 39.4 Å². The molecule has 0 bridgehead atoms. The van der Waals surface area contributed by atoms with E-state index in [1.165, 1.54) is 0 Å². The van der Waals surface area contributed by atoms with Crippen molar-refractivity contribution in [2.24, 2.45) is 0 Å². The molecule has 0 saturated carbocycles. The fourth-order valence-electron chi connectivity index (χ4n) is 3.57. The number of aromatic nitrogens is 2. The molecular formula is C25H21N3O2. The van der Waals surface area contributed by atoms with Crippen molar-refractivity contribution in [3.8, 4) is 34.6 Å². The zero-order valence-corrected chi connectivity index (χ0v) is 16.6. The molecule has 4 rings (SSSR count). The highest BCUT2D eigenvalue weighted by molar-refractivity contribution is 6.03. The van der Waals surface area contributed by atoms with Gasteiger partial charge in [0.1, 0.15) is 11.3 Å². The number of carboxylic acids is 1. The maximum absolute atomic E-state index is 11.7. The minimum Gasteiger partial charge on any atom is -0.478 e. The highest BCUT2D eigenvalue weighted by Crippen LogP contribution is 2.29. The van der Waals surface area contributed by atoms with Crippen LogP contribution in [0, 0.1) is 19.3 Å². The minimum absolute atomic E-state index is 0.197. The highest BCUT2D eigenvalue weighted by atomic mass is 16.4. The van der Waals surface area contributed by atoms with Crippen LogP contribution >= 0.6 is 0 Å². The third-order valence-electron chi connectivity index (χ3n) is 4.97. The van der Waals surface area contributed by atoms with Gasteiger partial charge in [0.05, 0.1) is 17.6 Å². The van der Waals surface area contributed by atoms with Crippen LogP contribution in [-0.4, -0.2) is 27.6 Å². The van der Waals surface area contributed by atoms with Crippen molar-refractivity contribution >= 4 is 17.0 Å². The first-order valence-corrected chi connectivity index (χ1v) is 9.63. The molecule has 0 aliphatic heterocycles. The average Bonchev–Trinajstić information content (AvgIpc) is 3.13. The number of aromatic carboxylic acids is 1. The molecule has 5 nitrogen and oxygen atoms in total. The lowest BCUT2D eigenvalue weighted by atomic mass is 9.97. The van der Waals surface area contributed by atoms with Gasteiger partial charge in [-0.15, -0.1) is 6.42 Å². The van der Waals surface area contributed by atoms with Crippen molar-refractivity contribution in [3.05, 3.63) is 77.6 Å². The summed E-state index contributed by atoms with van der Waals surface area (Å²) in [5.41, 5.74) is 6.56. The summed E-state index contributed by atoms with van der Waals surface area (Å²) in [6.45, 7) is 3.07. The van der Waals surface area contributed by atoms with Crippen molar-refractivity contribution in [1.82, 2.24) is 15.3 Å². The zero-order chi connectivity index (χ0) is 21.1. The summed E-state index contributed by atoms with van der Waals surface area (Å²) in [5, 5.41) is 12.8. The Bertz CT molecular complexity index is 1260. The van der Waals surface area contributed by atoms with Crippen LogP contribution in [0.25, 0.3) is 33.3 Å². The largest absolute Gasteiger partial charge is 0.478 e. The molecule has 0 atom stereocenters. The van der Waals surface area contributed by atoms with Gasteiger partial charge in [-0.05, 0) is 52.9 Å². The van der Waals surface area contributed by atoms with Crippen molar-refractivity contribution in [2.75, 3.05) is 6.54 Å². The molecule has 30 heavy (non-hydrogen) atoms. The number of benzene rings is 3. The van der Waals surface area contributed by atoms with Gasteiger partial charge in [0.15, 0.2) is 0 Å². The van der Waals surface area contributed by atoms with Crippen molar-refractivity contribution in [2.45, 2.75) is 13.5 Å². The van der Waals surface area contributed by atoms with Crippen LogP contribution in [0.3, 0.4) is 0 Å². The van der Waals surface area contributed by atoms with Gasteiger partial charge in [0.25, 0.3) is 0 Å². The number of fused-ring (bicyclic) bond motifs is 1. The number of rotatable bonds is 6. The first kappa shape index (κ1) is 19.4. The summed E-state index contributed by atoms with van der Waals surface area (Å²) in [6.07, 6.45) is 5.28. The first-order chi connectivity index (χ1) is 14.5. The highest BCUT2D eigenvalue weighted by Gasteiger charge is 2.14. The van der Waals surface area contributed by atoms with E-state index < -0.39 is 5.97 Å². The van der Waals surface area contributed by atoms with Crippen molar-refractivity contribution in [3.63, 3.8) is 0 Å². The first-order valence-electron chi connectivity index (χ1n) is 9.63. The second-order valence-corrected chi connectivity index (χ2v) is 7.13. The standard InChI is InChI=1S/C25H21N3O2/c1-3-11-26-15-17-5-4-6-20(12-17)18-7-9-19(10-8-18)21-13-22(25(29)30)24-23(14-21)27-16(2)28-24/h1,4-10,12-14,26H,11,15H2,2H3,(H,27,28)(H,29,30). The number of hydrogen-bond donors (Lipinski definition) is 3. The Morgan fingerprint density at radius 1 is 1.07 bits per heavy atom. The van der Waals surface area contributed by atoms with Crippen LogP contribution in [0.15, 0.2) is 60.7 Å². The number of aromatic amines is 1. The Labute approximate surface area is 174 Å². The average molecular weight is 395 g/mol. The summed E-state index contributed by atoms with van der Waals surface area (Å²) >= 11 is 0. The molecule has 1 heterocycles. The molecule has 0 unspecified atom stereocenters. The molecule has 4 aromatic rings. The van der Waals surface area contributed by atoms with E-state index in [0.717, 1.165) is 39.9 Å². The van der Waals surface area contributed by atoms with E-state index in [0.29, 0.717) is 17.9 Å². The van der Waals surface area contributed by atoms with Gasteiger partial charge in [0.2, 0.25) is 0 Å². The van der Waals surface area contributed by atoms with Crippen LogP contribution < -0.4 is 5.32 Å². The second-order valence-electron chi connectivity index (χ2n) is 7.13. The molecule has 0 aliphatic rings. The molecular weight excluding hydrogens is 374 g/mol. The topological polar surface area (TPSA) is 78.0 Å². The SMILES string of the molecule is C#CCNCc1cccc(-c2ccc(-c3cc(C(=O)O)c4nc(C)[nH]c4c3)cc2)c1. The maximum Gasteiger partial charge on any atom is 0.337 e. The smallest absolute Gasteiger partial charge is 0.337 e. The van der Waals surface area contributed by atoms with Crippen molar-refractivity contribution < 1.29 is 9.90 Å². The number of H-pyrrole nitrogens is 1. The van der Waals surface area contributed by atoms with E-state index >= 15 is 0 Å². The third kappa shape index (κ3) is 3.95. The molecule has 1 aromatic heterocycles. The van der Waals surface area contributed by atoms with Crippen LogP contribution in [-0.2, 0) is 6.54 Å². The Morgan fingerprint density at radius 2 is 1.80 bits per heavy atom. The summed E-state index contributed by atoms with van der Waals surface area (Å²) < 4.78 is 0. The minimum atomic E-state index is -0.986. The van der Waals surface area contributed by atoms with E-state index in [1.807, 2.05) is 43.3 Å². The molecule has 0 radical (unpaired) electrons. The van der Waals surface area contributed by atoms with Gasteiger partial charge in [-0.2, -0.15) is 0 Å². The maximum atomic E-state index is 11.7. The zero-order valence-electron chi connectivity index (χ0n) is 16.6. The predicted octanol–water partition coefficient (Wildman–Crippen LogP) is 4.63. The Balaban J connectivity index is 1.65. The number of nitrogens with one attached hydrogen (secondary N) is 2. The molecule has 0 spiro atoms. The third-order valence-corrected chi connectivity index (χ3v) is 4.97. The number of aryl methyl sites for hydroxylation is 1. The Kier molecular flexibility index (Phi) is 5.34. The number of imidazole rings is 1. The molecule has 0 fully saturated rings. The Hall–Kier alpha value is -3.88. The van der Waals surface area contributed by atoms with Gasteiger partial charge in [0, 0.05) is 6.54 Å². The number of hydrogen-bond acceptors (Lipinski definition) is 3. The van der Waals surface area contributed by atoms with Crippen LogP contribution in [0.2, 0.25) is 0 Å². The van der Waals surface area contributed by atoms with E-state index in [4.69, 9.17) is 6.42 Å². The van der Waals surface area contributed by atoms with Crippen LogP contribution in [0.5, 0.6) is 0 Å². The van der Waals surface area contributed by atoms with Crippen LogP contribution in [0.1, 0.15) is 21.7 Å². The van der Waals surface area contributed by atoms with Gasteiger partial charge >= 0.3 is 5.97 Å². The van der Waals surface area contributed by atoms with E-state index in [1.54, 1.807) is 6.07 Å². The normalized spacial score (nSPS) is 10.8. The summed E-state index contributed by atoms with van der Waals surface area (Å²) in [5.74, 6) is 2.28. The molecule has 5 heteroatoms. The lowest BCUT2D eigenvalue weighted by Gasteiger charge is -2.08. The lowest BCUT2D eigenvalue weighted by Crippen LogP contribution is -2.12. The van der Waals surface area contributed by atoms with Gasteiger partial charge in [-0.25, -0.2) is 9.78 Å². The fraction of sp³-hybridized carbons (Fsp3) is 0.120.